The Morgan fingerprint density at radius 1 is 1.28 bits per heavy atom. The van der Waals surface area contributed by atoms with Crippen LogP contribution in [0.1, 0.15) is 43.2 Å². The van der Waals surface area contributed by atoms with Crippen molar-refractivity contribution in [3.05, 3.63) is 35.0 Å². The van der Waals surface area contributed by atoms with E-state index in [1.807, 2.05) is 22.9 Å². The maximum atomic E-state index is 11.1. The van der Waals surface area contributed by atoms with E-state index in [-0.39, 0.29) is 6.04 Å². The molecule has 152 valence electrons. The quantitative estimate of drug-likeness (QED) is 0.689. The third kappa shape index (κ3) is 3.25. The second-order valence-electron chi connectivity index (χ2n) is 8.00. The van der Waals surface area contributed by atoms with Gasteiger partial charge in [0.1, 0.15) is 12.1 Å². The molecule has 0 bridgehead atoms. The highest BCUT2D eigenvalue weighted by atomic mass is 32.1. The van der Waals surface area contributed by atoms with Gasteiger partial charge in [0, 0.05) is 22.9 Å². The van der Waals surface area contributed by atoms with Crippen LogP contribution in [0.2, 0.25) is 0 Å². The Bertz CT molecular complexity index is 1040. The molecular formula is C21H25N5O2S. The van der Waals surface area contributed by atoms with E-state index in [4.69, 9.17) is 9.72 Å². The van der Waals surface area contributed by atoms with Gasteiger partial charge in [-0.05, 0) is 57.5 Å². The summed E-state index contributed by atoms with van der Waals surface area (Å²) in [6.45, 7) is 6.43. The Hall–Kier alpha value is -2.29. The zero-order valence-corrected chi connectivity index (χ0v) is 17.5. The minimum atomic E-state index is -0.792. The maximum Gasteiger partial charge on any atom is 0.187 e. The minimum absolute atomic E-state index is 0.222. The van der Waals surface area contributed by atoms with Crippen LogP contribution in [0.3, 0.4) is 0 Å². The van der Waals surface area contributed by atoms with E-state index in [2.05, 4.69) is 29.2 Å². The molecular weight excluding hydrogens is 386 g/mol. The Morgan fingerprint density at radius 3 is 2.90 bits per heavy atom. The van der Waals surface area contributed by atoms with E-state index in [0.717, 1.165) is 52.9 Å². The van der Waals surface area contributed by atoms with E-state index in [1.54, 1.807) is 17.7 Å². The molecule has 2 aromatic heterocycles. The van der Waals surface area contributed by atoms with Crippen molar-refractivity contribution in [2.45, 2.75) is 44.8 Å². The zero-order valence-electron chi connectivity index (χ0n) is 16.7. The van der Waals surface area contributed by atoms with Gasteiger partial charge in [-0.3, -0.25) is 0 Å². The summed E-state index contributed by atoms with van der Waals surface area (Å²) in [4.78, 5) is 10.6. The molecule has 0 saturated carbocycles. The van der Waals surface area contributed by atoms with Gasteiger partial charge >= 0.3 is 0 Å². The summed E-state index contributed by atoms with van der Waals surface area (Å²) in [5.74, 6) is 1.61. The van der Waals surface area contributed by atoms with Crippen molar-refractivity contribution < 1.29 is 9.84 Å². The average molecular weight is 412 g/mol. The number of thiazole rings is 1. The molecule has 2 N–H and O–H groups in total. The first-order valence-electron chi connectivity index (χ1n) is 10.2. The Labute approximate surface area is 173 Å². The lowest BCUT2D eigenvalue weighted by atomic mass is 9.84. The molecule has 5 rings (SSSR count). The monoisotopic (exact) mass is 411 g/mol. The van der Waals surface area contributed by atoms with Crippen molar-refractivity contribution in [3.63, 3.8) is 0 Å². The standard InChI is InChI=1S/C21H25N5O2S/c1-13(2)26-19(23-12-24-26)20-25-18-15-4-3-14(21(27)6-8-22-9-7-21)11-16(15)28-10-5-17(18)29-20/h3-4,11-13,22,27H,5-10H2,1-2H3. The summed E-state index contributed by atoms with van der Waals surface area (Å²) < 4.78 is 7.97. The van der Waals surface area contributed by atoms with E-state index in [9.17, 15) is 5.11 Å². The SMILES string of the molecule is CC(C)n1ncnc1-c1nc2c(s1)CCOc1cc(C3(O)CCNCC3)ccc1-2. The van der Waals surface area contributed by atoms with Crippen LogP contribution in [-0.2, 0) is 12.0 Å². The number of fused-ring (bicyclic) bond motifs is 3. The van der Waals surface area contributed by atoms with Crippen molar-refractivity contribution in [3.8, 4) is 27.8 Å². The van der Waals surface area contributed by atoms with Gasteiger partial charge in [-0.15, -0.1) is 11.3 Å². The molecule has 29 heavy (non-hydrogen) atoms. The second kappa shape index (κ2) is 7.19. The summed E-state index contributed by atoms with van der Waals surface area (Å²) in [6, 6.07) is 6.30. The van der Waals surface area contributed by atoms with Crippen LogP contribution < -0.4 is 10.1 Å². The molecule has 2 aliphatic heterocycles. The van der Waals surface area contributed by atoms with E-state index < -0.39 is 5.60 Å². The highest BCUT2D eigenvalue weighted by Crippen LogP contribution is 2.42. The van der Waals surface area contributed by atoms with Crippen molar-refractivity contribution in [1.29, 1.82) is 0 Å². The number of piperidine rings is 1. The average Bonchev–Trinajstić information content (AvgIpc) is 3.33. The molecule has 3 aromatic rings. The number of aliphatic hydroxyl groups is 1. The first kappa shape index (κ1) is 18.7. The molecule has 0 spiro atoms. The summed E-state index contributed by atoms with van der Waals surface area (Å²) in [6.07, 6.45) is 3.82. The first-order valence-corrected chi connectivity index (χ1v) is 11.0. The molecule has 1 saturated heterocycles. The summed E-state index contributed by atoms with van der Waals surface area (Å²) in [5, 5.41) is 19.6. The largest absolute Gasteiger partial charge is 0.492 e. The molecule has 0 amide bonds. The molecule has 0 atom stereocenters. The van der Waals surface area contributed by atoms with Crippen LogP contribution in [0.15, 0.2) is 24.5 Å². The Balaban J connectivity index is 1.56. The molecule has 0 unspecified atom stereocenters. The normalized spacial score (nSPS) is 18.1. The number of benzene rings is 1. The number of hydrogen-bond donors (Lipinski definition) is 2. The molecule has 1 aromatic carbocycles. The molecule has 2 aliphatic rings. The lowest BCUT2D eigenvalue weighted by Gasteiger charge is -2.33. The molecule has 0 aliphatic carbocycles. The summed E-state index contributed by atoms with van der Waals surface area (Å²) in [7, 11) is 0. The van der Waals surface area contributed by atoms with Crippen LogP contribution in [-0.4, -0.2) is 44.6 Å². The van der Waals surface area contributed by atoms with Gasteiger partial charge < -0.3 is 15.2 Å². The number of nitrogens with zero attached hydrogens (tertiary/aromatic N) is 4. The first-order chi connectivity index (χ1) is 14.0. The fourth-order valence-corrected chi connectivity index (χ4v) is 5.16. The molecule has 4 heterocycles. The van der Waals surface area contributed by atoms with Crippen molar-refractivity contribution >= 4 is 11.3 Å². The van der Waals surface area contributed by atoms with Crippen LogP contribution in [0.5, 0.6) is 5.75 Å². The van der Waals surface area contributed by atoms with Gasteiger partial charge in [-0.1, -0.05) is 6.07 Å². The third-order valence-electron chi connectivity index (χ3n) is 5.74. The summed E-state index contributed by atoms with van der Waals surface area (Å²) >= 11 is 1.66. The molecule has 0 radical (unpaired) electrons. The van der Waals surface area contributed by atoms with Crippen molar-refractivity contribution in [2.24, 2.45) is 0 Å². The van der Waals surface area contributed by atoms with Crippen LogP contribution >= 0.6 is 11.3 Å². The third-order valence-corrected chi connectivity index (χ3v) is 6.85. The number of rotatable bonds is 3. The van der Waals surface area contributed by atoms with Gasteiger partial charge in [-0.25, -0.2) is 14.6 Å². The Kier molecular flexibility index (Phi) is 4.64. The van der Waals surface area contributed by atoms with E-state index in [1.165, 1.54) is 4.88 Å². The van der Waals surface area contributed by atoms with Crippen LogP contribution in [0.25, 0.3) is 22.1 Å². The van der Waals surface area contributed by atoms with E-state index >= 15 is 0 Å². The van der Waals surface area contributed by atoms with Gasteiger partial charge in [0.05, 0.1) is 17.9 Å². The predicted molar refractivity (Wildman–Crippen MR) is 112 cm³/mol. The topological polar surface area (TPSA) is 85.1 Å². The highest BCUT2D eigenvalue weighted by Gasteiger charge is 2.32. The molecule has 7 nitrogen and oxygen atoms in total. The van der Waals surface area contributed by atoms with Crippen molar-refractivity contribution in [2.75, 3.05) is 19.7 Å². The zero-order chi connectivity index (χ0) is 20.0. The minimum Gasteiger partial charge on any atom is -0.492 e. The van der Waals surface area contributed by atoms with Gasteiger partial charge in [-0.2, -0.15) is 5.10 Å². The predicted octanol–water partition coefficient (Wildman–Crippen LogP) is 3.16. The lowest BCUT2D eigenvalue weighted by molar-refractivity contribution is 0.00575. The molecule has 1 fully saturated rings. The Morgan fingerprint density at radius 2 is 2.10 bits per heavy atom. The van der Waals surface area contributed by atoms with Crippen molar-refractivity contribution in [1.82, 2.24) is 25.1 Å². The van der Waals surface area contributed by atoms with Crippen LogP contribution in [0, 0.1) is 0 Å². The number of nitrogens with one attached hydrogen (secondary N) is 1. The smallest absolute Gasteiger partial charge is 0.187 e. The second-order valence-corrected chi connectivity index (χ2v) is 9.09. The van der Waals surface area contributed by atoms with Gasteiger partial charge in [0.25, 0.3) is 0 Å². The summed E-state index contributed by atoms with van der Waals surface area (Å²) in [5.41, 5.74) is 2.08. The van der Waals surface area contributed by atoms with E-state index in [0.29, 0.717) is 19.4 Å². The molecule has 8 heteroatoms. The number of ether oxygens (including phenoxy) is 1. The number of hydrogen-bond acceptors (Lipinski definition) is 7. The van der Waals surface area contributed by atoms with Gasteiger partial charge in [0.2, 0.25) is 0 Å². The fourth-order valence-electron chi connectivity index (χ4n) is 4.12. The van der Waals surface area contributed by atoms with Gasteiger partial charge in [0.15, 0.2) is 10.8 Å². The highest BCUT2D eigenvalue weighted by molar-refractivity contribution is 7.15. The lowest BCUT2D eigenvalue weighted by Crippen LogP contribution is -2.39. The fraction of sp³-hybridized carbons (Fsp3) is 0.476. The number of aromatic nitrogens is 4. The maximum absolute atomic E-state index is 11.1. The van der Waals surface area contributed by atoms with Crippen LogP contribution in [0.4, 0.5) is 0 Å².